The normalized spacial score (nSPS) is 15.4. The number of halogens is 5. The van der Waals surface area contributed by atoms with Gasteiger partial charge in [-0.3, -0.25) is 14.6 Å². The maximum absolute atomic E-state index is 14.8. The van der Waals surface area contributed by atoms with E-state index in [1.54, 1.807) is 28.6 Å². The van der Waals surface area contributed by atoms with E-state index in [9.17, 15) is 31.9 Å². The van der Waals surface area contributed by atoms with Gasteiger partial charge in [-0.2, -0.15) is 23.4 Å². The van der Waals surface area contributed by atoms with Crippen LogP contribution in [0, 0.1) is 24.0 Å². The number of benzene rings is 1. The van der Waals surface area contributed by atoms with Crippen LogP contribution in [0.1, 0.15) is 29.4 Å². The number of amides is 1. The molecule has 3 aromatic rings. The number of rotatable bonds is 7. The maximum atomic E-state index is 14.8. The Hall–Kier alpha value is -3.96. The van der Waals surface area contributed by atoms with Crippen molar-refractivity contribution < 1.29 is 31.9 Å². The molecule has 0 spiro atoms. The Balaban J connectivity index is 0.00000380. The van der Waals surface area contributed by atoms with Crippen molar-refractivity contribution in [1.29, 1.82) is 0 Å². The molecular formula is C23H24F5N7O2. The lowest BCUT2D eigenvalue weighted by Gasteiger charge is -2.50. The zero-order valence-corrected chi connectivity index (χ0v) is 19.6. The number of hydrogen-bond donors (Lipinski definition) is 4. The first-order chi connectivity index (χ1) is 17.0. The number of aromatic nitrogens is 4. The molecule has 0 radical (unpaired) electrons. The SMILES string of the molecule is C#CCC1(n2cc(-c3cn[nH]c3CO)cn2)CN(c2cc(F)c(C(=O)N[C@@H](C)C(F)(F)F)cc2F)C1.N. The third-order valence-corrected chi connectivity index (χ3v) is 6.12. The Morgan fingerprint density at radius 3 is 2.62 bits per heavy atom. The predicted octanol–water partition coefficient (Wildman–Crippen LogP) is 3.13. The van der Waals surface area contributed by atoms with Gasteiger partial charge in [-0.1, -0.05) is 0 Å². The van der Waals surface area contributed by atoms with E-state index < -0.39 is 40.9 Å². The Labute approximate surface area is 208 Å². The number of terminal acetylenes is 1. The molecule has 37 heavy (non-hydrogen) atoms. The van der Waals surface area contributed by atoms with E-state index in [1.807, 2.05) is 0 Å². The zero-order chi connectivity index (χ0) is 26.3. The van der Waals surface area contributed by atoms with E-state index in [1.165, 1.54) is 4.90 Å². The van der Waals surface area contributed by atoms with Crippen LogP contribution in [0.15, 0.2) is 30.7 Å². The third-order valence-electron chi connectivity index (χ3n) is 6.12. The number of aliphatic hydroxyl groups excluding tert-OH is 1. The number of anilines is 1. The van der Waals surface area contributed by atoms with Crippen LogP contribution >= 0.6 is 0 Å². The quantitative estimate of drug-likeness (QED) is 0.277. The van der Waals surface area contributed by atoms with Gasteiger partial charge in [-0.05, 0) is 13.0 Å². The van der Waals surface area contributed by atoms with Gasteiger partial charge in [0.05, 0.1) is 35.9 Å². The first-order valence-corrected chi connectivity index (χ1v) is 10.7. The van der Waals surface area contributed by atoms with Crippen molar-refractivity contribution in [3.05, 3.63) is 53.6 Å². The number of H-pyrrole nitrogens is 1. The summed E-state index contributed by atoms with van der Waals surface area (Å²) in [7, 11) is 0. The van der Waals surface area contributed by atoms with Crippen LogP contribution in [0.4, 0.5) is 27.6 Å². The fourth-order valence-electron chi connectivity index (χ4n) is 4.07. The van der Waals surface area contributed by atoms with Gasteiger partial charge in [0.15, 0.2) is 0 Å². The van der Waals surface area contributed by atoms with Gasteiger partial charge in [0.25, 0.3) is 5.91 Å². The molecule has 4 rings (SSSR count). The number of hydrogen-bond acceptors (Lipinski definition) is 6. The Bertz CT molecular complexity index is 1320. The van der Waals surface area contributed by atoms with E-state index in [0.717, 1.165) is 6.07 Å². The lowest BCUT2D eigenvalue weighted by atomic mass is 9.86. The average molecular weight is 525 g/mol. The highest BCUT2D eigenvalue weighted by atomic mass is 19.4. The number of nitrogens with zero attached hydrogens (tertiary/aromatic N) is 4. The van der Waals surface area contributed by atoms with Gasteiger partial charge in [0.2, 0.25) is 0 Å². The van der Waals surface area contributed by atoms with Crippen molar-refractivity contribution in [2.45, 2.75) is 37.7 Å². The van der Waals surface area contributed by atoms with Crippen LogP contribution in [0.25, 0.3) is 11.1 Å². The fourth-order valence-corrected chi connectivity index (χ4v) is 4.07. The molecule has 2 aromatic heterocycles. The van der Waals surface area contributed by atoms with E-state index in [0.29, 0.717) is 29.8 Å². The molecule has 6 N–H and O–H groups in total. The minimum atomic E-state index is -4.73. The lowest BCUT2D eigenvalue weighted by Crippen LogP contribution is -2.63. The summed E-state index contributed by atoms with van der Waals surface area (Å²) in [4.78, 5) is 13.6. The fraction of sp³-hybridized carbons (Fsp3) is 0.348. The van der Waals surface area contributed by atoms with Crippen molar-refractivity contribution in [1.82, 2.24) is 31.4 Å². The molecule has 0 unspecified atom stereocenters. The van der Waals surface area contributed by atoms with Crippen molar-refractivity contribution in [2.75, 3.05) is 18.0 Å². The Kier molecular flexibility index (Phi) is 7.61. The van der Waals surface area contributed by atoms with Gasteiger partial charge in [0.1, 0.15) is 23.2 Å². The summed E-state index contributed by atoms with van der Waals surface area (Å²) in [6.45, 7) is 0.758. The molecule has 1 aromatic carbocycles. The van der Waals surface area contributed by atoms with E-state index in [4.69, 9.17) is 6.42 Å². The summed E-state index contributed by atoms with van der Waals surface area (Å²) in [6.07, 6.45) is 5.87. The molecule has 0 saturated carbocycles. The first kappa shape index (κ1) is 27.6. The molecule has 3 heterocycles. The van der Waals surface area contributed by atoms with E-state index in [-0.39, 0.29) is 38.0 Å². The average Bonchev–Trinajstić information content (AvgIpc) is 3.46. The third kappa shape index (κ3) is 5.13. The van der Waals surface area contributed by atoms with Crippen molar-refractivity contribution >= 4 is 11.6 Å². The summed E-state index contributed by atoms with van der Waals surface area (Å²) in [5.41, 5.74) is 0.0877. The summed E-state index contributed by atoms with van der Waals surface area (Å²) in [5.74, 6) is -0.938. The monoisotopic (exact) mass is 525 g/mol. The molecule has 1 atom stereocenters. The molecule has 1 fully saturated rings. The van der Waals surface area contributed by atoms with Gasteiger partial charge in [0, 0.05) is 42.9 Å². The van der Waals surface area contributed by atoms with Crippen LogP contribution in [-0.4, -0.2) is 56.3 Å². The number of aromatic amines is 1. The minimum Gasteiger partial charge on any atom is -0.390 e. The first-order valence-electron chi connectivity index (χ1n) is 10.7. The van der Waals surface area contributed by atoms with E-state index >= 15 is 0 Å². The van der Waals surface area contributed by atoms with Crippen LogP contribution in [-0.2, 0) is 12.1 Å². The standard InChI is InChI=1S/C23H21F5N6O2.H3N/c1-3-4-22(34-9-14(7-30-34)16-8-29-32-19(16)10-35)11-33(12-22)20-6-17(24)15(5-18(20)25)21(36)31-13(2)23(26,27)28;/h1,5-9,13,35H,4,10-12H2,2H3,(H,29,32)(H,31,36);1H3/t13-;/m0./s1. The number of carbonyl (C=O) groups excluding carboxylic acids is 1. The van der Waals surface area contributed by atoms with Crippen LogP contribution in [0.2, 0.25) is 0 Å². The second kappa shape index (κ2) is 10.2. The molecule has 0 bridgehead atoms. The summed E-state index contributed by atoms with van der Waals surface area (Å²) in [5, 5.41) is 22.0. The molecule has 1 saturated heterocycles. The second-order valence-corrected chi connectivity index (χ2v) is 8.58. The summed E-state index contributed by atoms with van der Waals surface area (Å²) < 4.78 is 69.2. The highest BCUT2D eigenvalue weighted by molar-refractivity contribution is 5.95. The molecular weight excluding hydrogens is 501 g/mol. The summed E-state index contributed by atoms with van der Waals surface area (Å²) in [6, 6.07) is -0.886. The molecule has 1 amide bonds. The molecule has 198 valence electrons. The molecule has 14 heteroatoms. The Morgan fingerprint density at radius 2 is 2.00 bits per heavy atom. The Morgan fingerprint density at radius 1 is 1.30 bits per heavy atom. The van der Waals surface area contributed by atoms with Crippen molar-refractivity contribution in [3.63, 3.8) is 0 Å². The smallest absolute Gasteiger partial charge is 0.390 e. The van der Waals surface area contributed by atoms with Gasteiger partial charge in [-0.15, -0.1) is 12.3 Å². The topological polar surface area (TPSA) is 134 Å². The van der Waals surface area contributed by atoms with Crippen molar-refractivity contribution in [2.24, 2.45) is 0 Å². The minimum absolute atomic E-state index is 0. The maximum Gasteiger partial charge on any atom is 0.408 e. The number of alkyl halides is 3. The number of carbonyl (C=O) groups is 1. The van der Waals surface area contributed by atoms with Gasteiger partial charge in [-0.25, -0.2) is 8.78 Å². The molecule has 9 nitrogen and oxygen atoms in total. The van der Waals surface area contributed by atoms with Crippen LogP contribution in [0.3, 0.4) is 0 Å². The van der Waals surface area contributed by atoms with Crippen LogP contribution < -0.4 is 16.4 Å². The number of aliphatic hydroxyl groups is 1. The van der Waals surface area contributed by atoms with Crippen LogP contribution in [0.5, 0.6) is 0 Å². The summed E-state index contributed by atoms with van der Waals surface area (Å²) >= 11 is 0. The highest BCUT2D eigenvalue weighted by Gasteiger charge is 2.46. The zero-order valence-electron chi connectivity index (χ0n) is 19.6. The second-order valence-electron chi connectivity index (χ2n) is 8.58. The van der Waals surface area contributed by atoms with Gasteiger partial charge >= 0.3 is 6.18 Å². The molecule has 1 aliphatic rings. The lowest BCUT2D eigenvalue weighted by molar-refractivity contribution is -0.149. The van der Waals surface area contributed by atoms with Gasteiger partial charge < -0.3 is 21.5 Å². The number of nitrogens with one attached hydrogen (secondary N) is 2. The predicted molar refractivity (Wildman–Crippen MR) is 124 cm³/mol. The largest absolute Gasteiger partial charge is 0.408 e. The van der Waals surface area contributed by atoms with Crippen molar-refractivity contribution in [3.8, 4) is 23.5 Å². The molecule has 1 aliphatic heterocycles. The highest BCUT2D eigenvalue weighted by Crippen LogP contribution is 2.38. The van der Waals surface area contributed by atoms with E-state index in [2.05, 4.69) is 21.2 Å². The molecule has 0 aliphatic carbocycles.